The highest BCUT2D eigenvalue weighted by molar-refractivity contribution is 14.1. The summed E-state index contributed by atoms with van der Waals surface area (Å²) in [4.78, 5) is 4.01. The first kappa shape index (κ1) is 8.42. The third kappa shape index (κ3) is 2.51. The molecule has 0 aliphatic carbocycles. The van der Waals surface area contributed by atoms with Gasteiger partial charge in [0.2, 0.25) is 0 Å². The molecule has 0 bridgehead atoms. The smallest absolute Gasteiger partial charge is 0.0410 e. The molecule has 0 spiro atoms. The van der Waals surface area contributed by atoms with Gasteiger partial charge in [0, 0.05) is 46.3 Å². The van der Waals surface area contributed by atoms with Crippen molar-refractivity contribution in [2.45, 2.75) is 6.54 Å². The Morgan fingerprint density at radius 3 is 3.00 bits per heavy atom. The number of rotatable bonds is 2. The van der Waals surface area contributed by atoms with Crippen LogP contribution in [0.15, 0.2) is 22.9 Å². The molecule has 10 heavy (non-hydrogen) atoms. The lowest BCUT2D eigenvalue weighted by atomic mass is 10.3. The minimum absolute atomic E-state index is 0.854. The van der Waals surface area contributed by atoms with Crippen LogP contribution in [0.2, 0.25) is 0 Å². The Morgan fingerprint density at radius 2 is 2.40 bits per heavy atom. The molecule has 0 saturated heterocycles. The van der Waals surface area contributed by atoms with Gasteiger partial charge in [-0.05, 0) is 27.6 Å². The average molecular weight is 313 g/mol. The average Bonchev–Trinajstić information content (AvgIpc) is 1.88. The third-order valence-corrected chi connectivity index (χ3v) is 1.85. The highest BCUT2D eigenvalue weighted by atomic mass is 127. The second kappa shape index (κ2) is 4.25. The first-order valence-electron chi connectivity index (χ1n) is 2.76. The lowest BCUT2D eigenvalue weighted by Gasteiger charge is -1.96. The van der Waals surface area contributed by atoms with Gasteiger partial charge in [-0.1, -0.05) is 0 Å². The molecule has 54 valence electrons. The van der Waals surface area contributed by atoms with E-state index < -0.39 is 0 Å². The normalized spacial score (nSPS) is 9.80. The van der Waals surface area contributed by atoms with Gasteiger partial charge in [-0.3, -0.25) is 8.51 Å². The molecule has 1 heterocycles. The largest absolute Gasteiger partial charge is 0.263 e. The van der Waals surface area contributed by atoms with Crippen LogP contribution >= 0.6 is 38.8 Å². The highest BCUT2D eigenvalue weighted by Gasteiger charge is 1.91. The molecule has 1 rings (SSSR count). The molecule has 0 aliphatic rings. The van der Waals surface area contributed by atoms with E-state index in [2.05, 4.69) is 47.3 Å². The number of hydrogen-bond donors (Lipinski definition) is 1. The number of aromatic nitrogens is 1. The molecular formula is C6H6BrIN2. The van der Waals surface area contributed by atoms with Gasteiger partial charge in [0.15, 0.2) is 0 Å². The molecule has 0 atom stereocenters. The van der Waals surface area contributed by atoms with E-state index in [-0.39, 0.29) is 0 Å². The molecule has 0 unspecified atom stereocenters. The molecule has 0 aliphatic heterocycles. The van der Waals surface area contributed by atoms with Gasteiger partial charge in [0.05, 0.1) is 0 Å². The fourth-order valence-corrected chi connectivity index (χ4v) is 1.48. The number of pyridine rings is 1. The van der Waals surface area contributed by atoms with E-state index in [1.165, 1.54) is 5.56 Å². The van der Waals surface area contributed by atoms with Crippen LogP contribution in [0.25, 0.3) is 0 Å². The Bertz CT molecular complexity index is 217. The van der Waals surface area contributed by atoms with Crippen molar-refractivity contribution in [2.24, 2.45) is 0 Å². The van der Waals surface area contributed by atoms with E-state index in [1.54, 1.807) is 6.20 Å². The lowest BCUT2D eigenvalue weighted by Crippen LogP contribution is -1.97. The van der Waals surface area contributed by atoms with Gasteiger partial charge in [-0.15, -0.1) is 0 Å². The number of hydrogen-bond acceptors (Lipinski definition) is 2. The Kier molecular flexibility index (Phi) is 3.58. The number of nitrogens with zero attached hydrogens (tertiary/aromatic N) is 1. The molecule has 0 amide bonds. The zero-order valence-electron chi connectivity index (χ0n) is 5.14. The van der Waals surface area contributed by atoms with E-state index in [4.69, 9.17) is 0 Å². The first-order valence-corrected chi connectivity index (χ1v) is 4.63. The van der Waals surface area contributed by atoms with Crippen molar-refractivity contribution in [1.29, 1.82) is 0 Å². The lowest BCUT2D eigenvalue weighted by molar-refractivity contribution is 0.995. The number of halogens is 2. The van der Waals surface area contributed by atoms with Gasteiger partial charge in [0.25, 0.3) is 0 Å². The van der Waals surface area contributed by atoms with Crippen molar-refractivity contribution >= 4 is 38.8 Å². The van der Waals surface area contributed by atoms with Crippen molar-refractivity contribution in [3.8, 4) is 0 Å². The molecule has 1 aromatic heterocycles. The second-order valence-electron chi connectivity index (χ2n) is 1.82. The molecular weight excluding hydrogens is 307 g/mol. The van der Waals surface area contributed by atoms with Crippen molar-refractivity contribution < 1.29 is 0 Å². The Morgan fingerprint density at radius 1 is 1.60 bits per heavy atom. The van der Waals surface area contributed by atoms with Gasteiger partial charge < -0.3 is 0 Å². The fraction of sp³-hybridized carbons (Fsp3) is 0.167. The van der Waals surface area contributed by atoms with Crippen LogP contribution in [0.1, 0.15) is 5.56 Å². The molecule has 0 radical (unpaired) electrons. The van der Waals surface area contributed by atoms with Crippen LogP contribution < -0.4 is 3.53 Å². The van der Waals surface area contributed by atoms with Gasteiger partial charge in [0.1, 0.15) is 0 Å². The van der Waals surface area contributed by atoms with Gasteiger partial charge in [-0.2, -0.15) is 0 Å². The van der Waals surface area contributed by atoms with E-state index in [9.17, 15) is 0 Å². The summed E-state index contributed by atoms with van der Waals surface area (Å²) in [5, 5.41) is 0. The molecule has 1 N–H and O–H groups in total. The summed E-state index contributed by atoms with van der Waals surface area (Å²) < 4.78 is 4.05. The standard InChI is InChI=1S/C6H6BrIN2/c7-6-1-5(3-10-8)2-9-4-6/h1-2,4,10H,3H2. The van der Waals surface area contributed by atoms with Crippen LogP contribution in [0.3, 0.4) is 0 Å². The monoisotopic (exact) mass is 312 g/mol. The third-order valence-electron chi connectivity index (χ3n) is 1.03. The van der Waals surface area contributed by atoms with Crippen molar-refractivity contribution in [1.82, 2.24) is 8.51 Å². The summed E-state index contributed by atoms with van der Waals surface area (Å²) in [6.45, 7) is 0.854. The van der Waals surface area contributed by atoms with E-state index >= 15 is 0 Å². The van der Waals surface area contributed by atoms with Crippen molar-refractivity contribution in [2.75, 3.05) is 0 Å². The van der Waals surface area contributed by atoms with Crippen LogP contribution in [-0.4, -0.2) is 4.98 Å². The summed E-state index contributed by atoms with van der Waals surface area (Å²) in [6, 6.07) is 2.04. The molecule has 4 heteroatoms. The van der Waals surface area contributed by atoms with Crippen LogP contribution in [0, 0.1) is 0 Å². The highest BCUT2D eigenvalue weighted by Crippen LogP contribution is 2.09. The Labute approximate surface area is 82.1 Å². The predicted molar refractivity (Wildman–Crippen MR) is 52.8 cm³/mol. The van der Waals surface area contributed by atoms with Gasteiger partial charge in [-0.25, -0.2) is 0 Å². The number of nitrogens with one attached hydrogen (secondary N) is 1. The summed E-state index contributed by atoms with van der Waals surface area (Å²) in [7, 11) is 0. The summed E-state index contributed by atoms with van der Waals surface area (Å²) in [5.74, 6) is 0. The van der Waals surface area contributed by atoms with Crippen LogP contribution in [0.5, 0.6) is 0 Å². The van der Waals surface area contributed by atoms with E-state index in [1.807, 2.05) is 12.3 Å². The maximum absolute atomic E-state index is 4.01. The topological polar surface area (TPSA) is 24.9 Å². The predicted octanol–water partition coefficient (Wildman–Crippen LogP) is 2.28. The maximum atomic E-state index is 4.01. The second-order valence-corrected chi connectivity index (χ2v) is 3.50. The molecule has 0 fully saturated rings. The van der Waals surface area contributed by atoms with Crippen LogP contribution in [-0.2, 0) is 6.54 Å². The zero-order valence-corrected chi connectivity index (χ0v) is 8.89. The summed E-state index contributed by atoms with van der Waals surface area (Å²) in [6.07, 6.45) is 3.62. The first-order chi connectivity index (χ1) is 4.83. The summed E-state index contributed by atoms with van der Waals surface area (Å²) >= 11 is 5.45. The maximum Gasteiger partial charge on any atom is 0.0410 e. The minimum Gasteiger partial charge on any atom is -0.263 e. The SMILES string of the molecule is Brc1cncc(CNI)c1. The molecule has 0 saturated carbocycles. The van der Waals surface area contributed by atoms with E-state index in [0.717, 1.165) is 11.0 Å². The molecule has 0 aromatic carbocycles. The minimum atomic E-state index is 0.854. The zero-order chi connectivity index (χ0) is 7.40. The van der Waals surface area contributed by atoms with Gasteiger partial charge >= 0.3 is 0 Å². The van der Waals surface area contributed by atoms with Crippen LogP contribution in [0.4, 0.5) is 0 Å². The fourth-order valence-electron chi connectivity index (χ4n) is 0.630. The van der Waals surface area contributed by atoms with Crippen molar-refractivity contribution in [3.63, 3.8) is 0 Å². The molecule has 2 nitrogen and oxygen atoms in total. The molecule has 1 aromatic rings. The Balaban J connectivity index is 2.75. The van der Waals surface area contributed by atoms with E-state index in [0.29, 0.717) is 0 Å². The summed E-state index contributed by atoms with van der Waals surface area (Å²) in [5.41, 5.74) is 1.18. The quantitative estimate of drug-likeness (QED) is 0.669. The Hall–Kier alpha value is 0.320. The van der Waals surface area contributed by atoms with Crippen molar-refractivity contribution in [3.05, 3.63) is 28.5 Å².